The standard InChI is InChI=1S/C15H22/c1-9-7-14-8-10(2)12(4)15(14,6)13(5)11(9)3/h7,10,12,14H,1-6H3. The number of hydrogen-bond donors (Lipinski definition) is 0. The highest BCUT2D eigenvalue weighted by Crippen LogP contribution is 2.58. The molecule has 0 nitrogen and oxygen atoms in total. The largest absolute Gasteiger partial charge is 0.0767 e. The highest BCUT2D eigenvalue weighted by Gasteiger charge is 2.50. The van der Waals surface area contributed by atoms with Crippen molar-refractivity contribution in [3.63, 3.8) is 0 Å². The average molecular weight is 202 g/mol. The molecular formula is C15H22. The summed E-state index contributed by atoms with van der Waals surface area (Å²) in [5.74, 6) is 1.86. The molecule has 0 heterocycles. The van der Waals surface area contributed by atoms with Gasteiger partial charge in [-0.05, 0) is 55.9 Å². The van der Waals surface area contributed by atoms with Gasteiger partial charge < -0.3 is 0 Å². The maximum atomic E-state index is 3.72. The third-order valence-corrected chi connectivity index (χ3v) is 5.16. The molecular weight excluding hydrogens is 180 g/mol. The van der Waals surface area contributed by atoms with E-state index in [0.29, 0.717) is 23.2 Å². The number of hydrogen-bond acceptors (Lipinski definition) is 0. The van der Waals surface area contributed by atoms with Gasteiger partial charge in [-0.3, -0.25) is 0 Å². The molecule has 0 aromatic rings. The molecule has 0 amide bonds. The maximum absolute atomic E-state index is 3.72. The van der Waals surface area contributed by atoms with Crippen molar-refractivity contribution >= 4 is 0 Å². The van der Waals surface area contributed by atoms with Crippen LogP contribution in [0.15, 0.2) is 22.8 Å². The van der Waals surface area contributed by atoms with Crippen LogP contribution in [0.5, 0.6) is 0 Å². The lowest BCUT2D eigenvalue weighted by atomic mass is 9.64. The molecule has 1 saturated carbocycles. The van der Waals surface area contributed by atoms with Crippen molar-refractivity contribution in [3.05, 3.63) is 29.2 Å². The molecule has 4 unspecified atom stereocenters. The van der Waals surface area contributed by atoms with Crippen molar-refractivity contribution in [2.45, 2.75) is 41.5 Å². The van der Waals surface area contributed by atoms with Gasteiger partial charge in [0, 0.05) is 0 Å². The lowest BCUT2D eigenvalue weighted by molar-refractivity contribution is 0.233. The second kappa shape index (κ2) is 3.23. The topological polar surface area (TPSA) is 0 Å². The second-order valence-electron chi connectivity index (χ2n) is 5.60. The van der Waals surface area contributed by atoms with E-state index < -0.39 is 0 Å². The van der Waals surface area contributed by atoms with Gasteiger partial charge in [-0.2, -0.15) is 0 Å². The zero-order valence-corrected chi connectivity index (χ0v) is 10.8. The highest BCUT2D eigenvalue weighted by atomic mass is 14.5. The quantitative estimate of drug-likeness (QED) is 0.550. The van der Waals surface area contributed by atoms with E-state index in [1.807, 2.05) is 0 Å². The minimum atomic E-state index is 0.322. The molecule has 2 radical (unpaired) electrons. The van der Waals surface area contributed by atoms with E-state index in [9.17, 15) is 0 Å². The summed E-state index contributed by atoms with van der Waals surface area (Å²) in [6, 6.07) is 0. The van der Waals surface area contributed by atoms with E-state index in [1.165, 1.54) is 11.1 Å². The summed E-state index contributed by atoms with van der Waals surface area (Å²) < 4.78 is 0. The molecule has 2 aliphatic rings. The van der Waals surface area contributed by atoms with Gasteiger partial charge in [-0.25, -0.2) is 0 Å². The molecule has 0 spiro atoms. The van der Waals surface area contributed by atoms with Gasteiger partial charge >= 0.3 is 0 Å². The lowest BCUT2D eigenvalue weighted by Crippen LogP contribution is -2.32. The van der Waals surface area contributed by atoms with Crippen LogP contribution in [0.25, 0.3) is 0 Å². The van der Waals surface area contributed by atoms with Crippen molar-refractivity contribution in [2.24, 2.45) is 23.2 Å². The fourth-order valence-corrected chi connectivity index (χ4v) is 3.27. The van der Waals surface area contributed by atoms with E-state index in [-0.39, 0.29) is 0 Å². The lowest BCUT2D eigenvalue weighted by Gasteiger charge is -2.40. The summed E-state index contributed by atoms with van der Waals surface area (Å²) in [7, 11) is 0. The molecule has 0 aromatic heterocycles. The highest BCUT2D eigenvalue weighted by molar-refractivity contribution is 5.43. The molecule has 0 aromatic carbocycles. The SMILES string of the molecule is CC1=CC2[C]C(C)C(C)C2(C)C(C)=C1C. The molecule has 0 heteroatoms. The van der Waals surface area contributed by atoms with Crippen molar-refractivity contribution in [1.82, 2.24) is 0 Å². The molecule has 0 aliphatic heterocycles. The van der Waals surface area contributed by atoms with E-state index in [2.05, 4.69) is 54.0 Å². The van der Waals surface area contributed by atoms with E-state index in [1.54, 1.807) is 5.57 Å². The van der Waals surface area contributed by atoms with Gasteiger partial charge in [-0.15, -0.1) is 0 Å². The molecule has 2 rings (SSSR count). The van der Waals surface area contributed by atoms with Gasteiger partial charge in [-0.1, -0.05) is 38.0 Å². The fraction of sp³-hybridized carbons (Fsp3) is 0.667. The van der Waals surface area contributed by atoms with E-state index in [4.69, 9.17) is 0 Å². The predicted molar refractivity (Wildman–Crippen MR) is 65.3 cm³/mol. The van der Waals surface area contributed by atoms with Gasteiger partial charge in [0.25, 0.3) is 0 Å². The maximum Gasteiger partial charge on any atom is -0.00162 e. The summed E-state index contributed by atoms with van der Waals surface area (Å²) in [5.41, 5.74) is 4.85. The third kappa shape index (κ3) is 1.26. The zero-order valence-electron chi connectivity index (χ0n) is 10.8. The molecule has 4 atom stereocenters. The van der Waals surface area contributed by atoms with Crippen LogP contribution in [0.3, 0.4) is 0 Å². The van der Waals surface area contributed by atoms with Gasteiger partial charge in [0.2, 0.25) is 0 Å². The van der Waals surface area contributed by atoms with Crippen LogP contribution in [-0.2, 0) is 0 Å². The smallest absolute Gasteiger partial charge is 0.00162 e. The zero-order chi connectivity index (χ0) is 11.4. The Morgan fingerprint density at radius 3 is 2.40 bits per heavy atom. The molecule has 0 bridgehead atoms. The molecule has 15 heavy (non-hydrogen) atoms. The van der Waals surface area contributed by atoms with Crippen LogP contribution in [0.4, 0.5) is 0 Å². The molecule has 0 N–H and O–H groups in total. The van der Waals surface area contributed by atoms with Crippen LogP contribution < -0.4 is 0 Å². The van der Waals surface area contributed by atoms with Crippen LogP contribution in [0.1, 0.15) is 41.5 Å². The molecule has 82 valence electrons. The average Bonchev–Trinajstić information content (AvgIpc) is 2.41. The summed E-state index contributed by atoms with van der Waals surface area (Å²) in [5, 5.41) is 0. The Labute approximate surface area is 94.5 Å². The van der Waals surface area contributed by atoms with Crippen LogP contribution in [0.2, 0.25) is 0 Å². The van der Waals surface area contributed by atoms with Gasteiger partial charge in [0.05, 0.1) is 0 Å². The van der Waals surface area contributed by atoms with Gasteiger partial charge in [0.15, 0.2) is 0 Å². The van der Waals surface area contributed by atoms with Gasteiger partial charge in [0.1, 0.15) is 0 Å². The second-order valence-corrected chi connectivity index (χ2v) is 5.60. The minimum Gasteiger partial charge on any atom is -0.0767 e. The summed E-state index contributed by atoms with van der Waals surface area (Å²) in [4.78, 5) is 0. The van der Waals surface area contributed by atoms with E-state index >= 15 is 0 Å². The summed E-state index contributed by atoms with van der Waals surface area (Å²) in [6.45, 7) is 13.9. The summed E-state index contributed by atoms with van der Waals surface area (Å²) >= 11 is 0. The Morgan fingerprint density at radius 1 is 1.20 bits per heavy atom. The number of rotatable bonds is 0. The van der Waals surface area contributed by atoms with Crippen LogP contribution in [-0.4, -0.2) is 0 Å². The van der Waals surface area contributed by atoms with Crippen LogP contribution in [0, 0.1) is 29.6 Å². The minimum absolute atomic E-state index is 0.322. The Kier molecular flexibility index (Phi) is 2.37. The number of allylic oxidation sites excluding steroid dienone is 4. The molecule has 0 saturated heterocycles. The Morgan fingerprint density at radius 2 is 1.80 bits per heavy atom. The van der Waals surface area contributed by atoms with Crippen molar-refractivity contribution in [1.29, 1.82) is 0 Å². The first-order valence-electron chi connectivity index (χ1n) is 6.01. The normalized spacial score (nSPS) is 45.5. The predicted octanol–water partition coefficient (Wildman–Crippen LogP) is 4.27. The Hall–Kier alpha value is -0.520. The first-order chi connectivity index (χ1) is 6.89. The van der Waals surface area contributed by atoms with E-state index in [0.717, 1.165) is 0 Å². The number of fused-ring (bicyclic) bond motifs is 1. The summed E-state index contributed by atoms with van der Waals surface area (Å²) in [6.07, 6.45) is 6.14. The molecule has 2 aliphatic carbocycles. The molecule has 1 fully saturated rings. The first-order valence-corrected chi connectivity index (χ1v) is 6.01. The fourth-order valence-electron chi connectivity index (χ4n) is 3.27. The van der Waals surface area contributed by atoms with Crippen molar-refractivity contribution in [3.8, 4) is 0 Å². The van der Waals surface area contributed by atoms with Crippen molar-refractivity contribution in [2.75, 3.05) is 0 Å². The van der Waals surface area contributed by atoms with Crippen LogP contribution >= 0.6 is 0 Å². The Balaban J connectivity index is 2.52. The Bertz CT molecular complexity index is 345. The first kappa shape index (κ1) is 11.0. The van der Waals surface area contributed by atoms with Crippen molar-refractivity contribution < 1.29 is 0 Å². The monoisotopic (exact) mass is 202 g/mol. The third-order valence-electron chi connectivity index (χ3n) is 5.16.